The third-order valence-corrected chi connectivity index (χ3v) is 4.19. The highest BCUT2D eigenvalue weighted by molar-refractivity contribution is 7.99. The second kappa shape index (κ2) is 5.77. The van der Waals surface area contributed by atoms with E-state index < -0.39 is 6.10 Å². The Labute approximate surface area is 116 Å². The summed E-state index contributed by atoms with van der Waals surface area (Å²) < 4.78 is 7.41. The zero-order valence-electron chi connectivity index (χ0n) is 10.5. The zero-order valence-corrected chi connectivity index (χ0v) is 11.3. The van der Waals surface area contributed by atoms with Gasteiger partial charge in [0, 0.05) is 17.7 Å². The van der Waals surface area contributed by atoms with Gasteiger partial charge >= 0.3 is 0 Å². The van der Waals surface area contributed by atoms with Crippen LogP contribution in [0.1, 0.15) is 11.8 Å². The molecule has 1 aliphatic rings. The van der Waals surface area contributed by atoms with Gasteiger partial charge in [0.2, 0.25) is 0 Å². The van der Waals surface area contributed by atoms with E-state index in [1.54, 1.807) is 10.9 Å². The van der Waals surface area contributed by atoms with Crippen LogP contribution >= 0.6 is 11.8 Å². The quantitative estimate of drug-likeness (QED) is 0.932. The maximum absolute atomic E-state index is 10.5. The number of aliphatic hydroxyl groups excluding tert-OH is 1. The number of hydrogen-bond acceptors (Lipinski definition) is 4. The first-order valence-electron chi connectivity index (χ1n) is 6.33. The van der Waals surface area contributed by atoms with Crippen LogP contribution in [0.25, 0.3) is 5.69 Å². The van der Waals surface area contributed by atoms with Crippen LogP contribution in [0.4, 0.5) is 0 Å². The fraction of sp³-hybridized carbons (Fsp3) is 0.357. The van der Waals surface area contributed by atoms with Gasteiger partial charge in [0.05, 0.1) is 24.1 Å². The van der Waals surface area contributed by atoms with Gasteiger partial charge in [-0.3, -0.25) is 0 Å². The van der Waals surface area contributed by atoms with Gasteiger partial charge in [0.1, 0.15) is 6.10 Å². The molecule has 2 aromatic rings. The molecule has 5 heteroatoms. The van der Waals surface area contributed by atoms with Gasteiger partial charge in [-0.2, -0.15) is 16.9 Å². The van der Waals surface area contributed by atoms with E-state index in [-0.39, 0.29) is 6.10 Å². The molecule has 3 rings (SSSR count). The van der Waals surface area contributed by atoms with E-state index in [9.17, 15) is 5.11 Å². The van der Waals surface area contributed by atoms with Crippen LogP contribution in [-0.2, 0) is 4.74 Å². The highest BCUT2D eigenvalue weighted by Gasteiger charge is 2.27. The van der Waals surface area contributed by atoms with Crippen LogP contribution in [0, 0.1) is 0 Å². The Morgan fingerprint density at radius 2 is 2.16 bits per heavy atom. The molecule has 0 radical (unpaired) electrons. The van der Waals surface area contributed by atoms with Crippen molar-refractivity contribution in [3.8, 4) is 5.69 Å². The van der Waals surface area contributed by atoms with Crippen LogP contribution in [0.2, 0.25) is 0 Å². The molecular weight excluding hydrogens is 260 g/mol. The van der Waals surface area contributed by atoms with Crippen molar-refractivity contribution in [3.05, 3.63) is 48.3 Å². The maximum Gasteiger partial charge on any atom is 0.123 e. The van der Waals surface area contributed by atoms with Gasteiger partial charge in [-0.05, 0) is 18.2 Å². The summed E-state index contributed by atoms with van der Waals surface area (Å²) in [4.78, 5) is 0. The van der Waals surface area contributed by atoms with Gasteiger partial charge in [-0.15, -0.1) is 0 Å². The number of hydrogen-bond donors (Lipinski definition) is 1. The van der Waals surface area contributed by atoms with Gasteiger partial charge in [0.15, 0.2) is 0 Å². The summed E-state index contributed by atoms with van der Waals surface area (Å²) in [5.74, 6) is 1.82. The van der Waals surface area contributed by atoms with E-state index in [1.165, 1.54) is 0 Å². The number of thioether (sulfide) groups is 1. The van der Waals surface area contributed by atoms with Crippen molar-refractivity contribution in [2.75, 3.05) is 18.1 Å². The van der Waals surface area contributed by atoms with Gasteiger partial charge < -0.3 is 9.84 Å². The first-order chi connectivity index (χ1) is 9.36. The molecule has 2 heterocycles. The average Bonchev–Trinajstić information content (AvgIpc) is 2.98. The maximum atomic E-state index is 10.5. The molecule has 0 amide bonds. The van der Waals surface area contributed by atoms with Crippen LogP contribution in [0.15, 0.2) is 42.6 Å². The van der Waals surface area contributed by atoms with Crippen molar-refractivity contribution < 1.29 is 9.84 Å². The predicted molar refractivity (Wildman–Crippen MR) is 75.6 cm³/mol. The van der Waals surface area contributed by atoms with Crippen LogP contribution in [0.3, 0.4) is 0 Å². The molecule has 1 saturated heterocycles. The van der Waals surface area contributed by atoms with Crippen molar-refractivity contribution >= 4 is 11.8 Å². The van der Waals surface area contributed by atoms with E-state index in [0.29, 0.717) is 6.61 Å². The molecule has 4 nitrogen and oxygen atoms in total. The lowest BCUT2D eigenvalue weighted by Gasteiger charge is -2.27. The highest BCUT2D eigenvalue weighted by atomic mass is 32.2. The lowest BCUT2D eigenvalue weighted by molar-refractivity contribution is -0.0255. The molecule has 100 valence electrons. The topological polar surface area (TPSA) is 47.3 Å². The van der Waals surface area contributed by atoms with Crippen molar-refractivity contribution in [2.45, 2.75) is 12.2 Å². The average molecular weight is 276 g/mol. The van der Waals surface area contributed by atoms with Crippen molar-refractivity contribution in [1.29, 1.82) is 0 Å². The fourth-order valence-electron chi connectivity index (χ4n) is 2.20. The minimum absolute atomic E-state index is 0.155. The number of nitrogens with zero attached hydrogens (tertiary/aromatic N) is 2. The molecule has 0 saturated carbocycles. The Bertz CT molecular complexity index is 523. The Kier molecular flexibility index (Phi) is 3.87. The lowest BCUT2D eigenvalue weighted by atomic mass is 10.1. The summed E-state index contributed by atoms with van der Waals surface area (Å²) in [6.45, 7) is 0.700. The van der Waals surface area contributed by atoms with Gasteiger partial charge in [-0.25, -0.2) is 4.68 Å². The second-order valence-corrected chi connectivity index (χ2v) is 5.58. The summed E-state index contributed by atoms with van der Waals surface area (Å²) in [5.41, 5.74) is 1.73. The van der Waals surface area contributed by atoms with Crippen molar-refractivity contribution in [3.63, 3.8) is 0 Å². The summed E-state index contributed by atoms with van der Waals surface area (Å²) in [6, 6.07) is 11.7. The minimum Gasteiger partial charge on any atom is -0.384 e. The Balaban J connectivity index is 1.87. The number of ether oxygens (including phenoxy) is 1. The van der Waals surface area contributed by atoms with Crippen molar-refractivity contribution in [1.82, 2.24) is 9.78 Å². The van der Waals surface area contributed by atoms with Crippen molar-refractivity contribution in [2.24, 2.45) is 0 Å². The largest absolute Gasteiger partial charge is 0.384 e. The Morgan fingerprint density at radius 3 is 2.89 bits per heavy atom. The molecule has 1 N–H and O–H groups in total. The number of benzene rings is 1. The normalized spacial score (nSPS) is 21.2. The predicted octanol–water partition coefficient (Wildman–Crippen LogP) is 2.04. The number of aliphatic hydroxyl groups is 1. The Morgan fingerprint density at radius 1 is 1.32 bits per heavy atom. The zero-order chi connectivity index (χ0) is 13.1. The summed E-state index contributed by atoms with van der Waals surface area (Å²) in [6.07, 6.45) is 0.912. The second-order valence-electron chi connectivity index (χ2n) is 4.43. The van der Waals surface area contributed by atoms with Gasteiger partial charge in [0.25, 0.3) is 0 Å². The van der Waals surface area contributed by atoms with Crippen LogP contribution in [-0.4, -0.2) is 39.1 Å². The number of para-hydroxylation sites is 1. The summed E-state index contributed by atoms with van der Waals surface area (Å²) in [5, 5.41) is 14.8. The molecule has 2 atom stereocenters. The molecule has 1 fully saturated rings. The first-order valence-corrected chi connectivity index (χ1v) is 7.48. The molecular formula is C14H16N2O2S. The van der Waals surface area contributed by atoms with Gasteiger partial charge in [-0.1, -0.05) is 18.2 Å². The number of rotatable bonds is 3. The minimum atomic E-state index is -0.643. The summed E-state index contributed by atoms with van der Waals surface area (Å²) >= 11 is 1.82. The molecule has 0 spiro atoms. The third-order valence-electron chi connectivity index (χ3n) is 3.17. The standard InChI is InChI=1S/C14H16N2O2S/c17-14(13-10-19-9-8-18-13)12-6-7-15-16(12)11-4-2-1-3-5-11/h1-7,13-14,17H,8-10H2. The molecule has 0 aliphatic carbocycles. The molecule has 1 aliphatic heterocycles. The molecule has 2 unspecified atom stereocenters. The highest BCUT2D eigenvalue weighted by Crippen LogP contribution is 2.26. The summed E-state index contributed by atoms with van der Waals surface area (Å²) in [7, 11) is 0. The lowest BCUT2D eigenvalue weighted by Crippen LogP contribution is -2.30. The van der Waals surface area contributed by atoms with Crippen LogP contribution < -0.4 is 0 Å². The first kappa shape index (κ1) is 12.7. The van der Waals surface area contributed by atoms with E-state index in [1.807, 2.05) is 48.2 Å². The monoisotopic (exact) mass is 276 g/mol. The van der Waals surface area contributed by atoms with E-state index in [2.05, 4.69) is 5.10 Å². The SMILES string of the molecule is OC(c1ccnn1-c1ccccc1)C1CSCCO1. The van der Waals surface area contributed by atoms with E-state index >= 15 is 0 Å². The molecule has 1 aromatic heterocycles. The van der Waals surface area contributed by atoms with E-state index in [0.717, 1.165) is 22.9 Å². The van der Waals surface area contributed by atoms with Crippen LogP contribution in [0.5, 0.6) is 0 Å². The third kappa shape index (κ3) is 2.68. The van der Waals surface area contributed by atoms with E-state index in [4.69, 9.17) is 4.74 Å². The Hall–Kier alpha value is -1.30. The molecule has 19 heavy (non-hydrogen) atoms. The number of aromatic nitrogens is 2. The molecule has 0 bridgehead atoms. The molecule has 1 aromatic carbocycles. The smallest absolute Gasteiger partial charge is 0.123 e. The fourth-order valence-corrected chi connectivity index (χ4v) is 3.09.